The predicted molar refractivity (Wildman–Crippen MR) is 136 cm³/mol. The first kappa shape index (κ1) is 23.0. The molecule has 1 saturated heterocycles. The van der Waals surface area contributed by atoms with Crippen molar-refractivity contribution < 1.29 is 14.1 Å². The van der Waals surface area contributed by atoms with E-state index in [-0.39, 0.29) is 17.6 Å². The first-order valence-electron chi connectivity index (χ1n) is 11.6. The van der Waals surface area contributed by atoms with Gasteiger partial charge < -0.3 is 4.42 Å². The summed E-state index contributed by atoms with van der Waals surface area (Å²) in [5.74, 6) is 1.30. The van der Waals surface area contributed by atoms with Crippen LogP contribution < -0.4 is 0 Å². The van der Waals surface area contributed by atoms with Crippen LogP contribution in [0.3, 0.4) is 0 Å². The van der Waals surface area contributed by atoms with Crippen molar-refractivity contribution in [3.8, 4) is 11.3 Å². The molecule has 2 fully saturated rings. The fourth-order valence-corrected chi connectivity index (χ4v) is 5.49. The van der Waals surface area contributed by atoms with Crippen LogP contribution in [0.5, 0.6) is 0 Å². The number of furan rings is 1. The van der Waals surface area contributed by atoms with Crippen LogP contribution in [0.1, 0.15) is 43.6 Å². The Morgan fingerprint density at radius 1 is 1.11 bits per heavy atom. The summed E-state index contributed by atoms with van der Waals surface area (Å²) in [7, 11) is 0. The van der Waals surface area contributed by atoms with E-state index < -0.39 is 4.92 Å². The number of carbonyl (C=O) groups excluding carboxylic acids is 1. The molecule has 0 unspecified atom stereocenters. The molecular weight excluding hydrogens is 464 g/mol. The molecule has 0 atom stereocenters. The van der Waals surface area contributed by atoms with Gasteiger partial charge >= 0.3 is 0 Å². The number of benzene rings is 1. The molecule has 2 aromatic heterocycles. The summed E-state index contributed by atoms with van der Waals surface area (Å²) in [6, 6.07) is 15.6. The highest BCUT2D eigenvalue weighted by Crippen LogP contribution is 2.39. The highest BCUT2D eigenvalue weighted by molar-refractivity contribution is 8.18. The zero-order valence-corrected chi connectivity index (χ0v) is 20.0. The van der Waals surface area contributed by atoms with Crippen molar-refractivity contribution in [1.82, 2.24) is 9.88 Å². The first-order valence-corrected chi connectivity index (χ1v) is 12.4. The first-order chi connectivity index (χ1) is 17.0. The molecule has 0 N–H and O–H groups in total. The second-order valence-electron chi connectivity index (χ2n) is 8.59. The van der Waals surface area contributed by atoms with Crippen molar-refractivity contribution in [2.45, 2.75) is 45.1 Å². The van der Waals surface area contributed by atoms with Crippen molar-refractivity contribution in [3.05, 3.63) is 81.1 Å². The van der Waals surface area contributed by atoms with E-state index in [0.29, 0.717) is 33.0 Å². The number of amidine groups is 1. The Balaban J connectivity index is 1.48. The molecule has 9 heteroatoms. The van der Waals surface area contributed by atoms with E-state index in [2.05, 4.69) is 4.98 Å². The van der Waals surface area contributed by atoms with E-state index >= 15 is 0 Å². The molecule has 1 saturated carbocycles. The lowest BCUT2D eigenvalue weighted by molar-refractivity contribution is -0.384. The normalized spacial score (nSPS) is 19.1. The van der Waals surface area contributed by atoms with Gasteiger partial charge in [-0.25, -0.2) is 9.98 Å². The Morgan fingerprint density at radius 2 is 1.91 bits per heavy atom. The van der Waals surface area contributed by atoms with Crippen LogP contribution in [-0.2, 0) is 4.79 Å². The fraction of sp³-hybridized carbons (Fsp3) is 0.269. The number of pyridine rings is 1. The summed E-state index contributed by atoms with van der Waals surface area (Å²) in [5.41, 5.74) is 1.22. The molecule has 3 aromatic rings. The molecule has 0 radical (unpaired) electrons. The molecule has 8 nitrogen and oxygen atoms in total. The molecule has 0 bridgehead atoms. The number of aryl methyl sites for hydroxylation is 1. The molecule has 178 valence electrons. The monoisotopic (exact) mass is 488 g/mol. The number of nitro benzene ring substituents is 1. The SMILES string of the molecule is Cc1cccc(/N=C2/S/C(=C/c3ccc(-c4ccccc4[N+](=O)[O-])o3)C(=O)N2C2CCCCC2)n1. The van der Waals surface area contributed by atoms with Crippen LogP contribution in [0.4, 0.5) is 11.5 Å². The number of hydrogen-bond donors (Lipinski definition) is 0. The zero-order chi connectivity index (χ0) is 24.4. The van der Waals surface area contributed by atoms with Gasteiger partial charge in [0.15, 0.2) is 11.0 Å². The van der Waals surface area contributed by atoms with Crippen LogP contribution in [0, 0.1) is 17.0 Å². The van der Waals surface area contributed by atoms with Gasteiger partial charge in [-0.1, -0.05) is 37.5 Å². The van der Waals surface area contributed by atoms with Crippen molar-refractivity contribution in [2.75, 3.05) is 0 Å². The van der Waals surface area contributed by atoms with Crippen molar-refractivity contribution in [3.63, 3.8) is 0 Å². The highest BCUT2D eigenvalue weighted by Gasteiger charge is 2.39. The van der Waals surface area contributed by atoms with Gasteiger partial charge in [-0.2, -0.15) is 0 Å². The maximum atomic E-state index is 13.5. The lowest BCUT2D eigenvalue weighted by Crippen LogP contribution is -2.40. The standard InChI is InChI=1S/C26H24N4O4S/c1-17-8-7-13-24(27-17)28-26-29(18-9-3-2-4-10-18)25(31)23(35-26)16-19-14-15-22(34-19)20-11-5-6-12-21(20)30(32)33/h5-8,11-16,18H,2-4,9-10H2,1H3/b23-16+,28-26+. The average Bonchev–Trinajstić information content (AvgIpc) is 3.44. The van der Waals surface area contributed by atoms with Crippen LogP contribution in [0.25, 0.3) is 17.4 Å². The van der Waals surface area contributed by atoms with Gasteiger partial charge in [-0.3, -0.25) is 19.8 Å². The molecule has 0 spiro atoms. The van der Waals surface area contributed by atoms with Crippen molar-refractivity contribution >= 4 is 40.4 Å². The Hall–Kier alpha value is -3.72. The fourth-order valence-electron chi connectivity index (χ4n) is 4.46. The largest absolute Gasteiger partial charge is 0.456 e. The second-order valence-corrected chi connectivity index (χ2v) is 9.59. The van der Waals surface area contributed by atoms with Crippen LogP contribution >= 0.6 is 11.8 Å². The molecule has 3 heterocycles. The molecule has 1 aliphatic heterocycles. The second kappa shape index (κ2) is 9.87. The number of carbonyl (C=O) groups is 1. The Kier molecular flexibility index (Phi) is 6.50. The summed E-state index contributed by atoms with van der Waals surface area (Å²) in [5, 5.41) is 12.0. The third kappa shape index (κ3) is 4.90. The van der Waals surface area contributed by atoms with E-state index in [4.69, 9.17) is 9.41 Å². The lowest BCUT2D eigenvalue weighted by atomic mass is 9.94. The Bertz CT molecular complexity index is 1340. The zero-order valence-electron chi connectivity index (χ0n) is 19.2. The van der Waals surface area contributed by atoms with Gasteiger partial charge in [0.1, 0.15) is 11.5 Å². The van der Waals surface area contributed by atoms with Gasteiger partial charge in [0.25, 0.3) is 11.6 Å². The van der Waals surface area contributed by atoms with E-state index in [0.717, 1.165) is 31.4 Å². The summed E-state index contributed by atoms with van der Waals surface area (Å²) in [6.07, 6.45) is 6.94. The number of para-hydroxylation sites is 1. The number of aromatic nitrogens is 1. The van der Waals surface area contributed by atoms with Gasteiger partial charge in [-0.05, 0) is 61.9 Å². The minimum absolute atomic E-state index is 0.0316. The molecule has 2 aliphatic rings. The molecule has 1 aliphatic carbocycles. The lowest BCUT2D eigenvalue weighted by Gasteiger charge is -2.30. The molecule has 1 amide bonds. The van der Waals surface area contributed by atoms with Crippen molar-refractivity contribution in [2.24, 2.45) is 4.99 Å². The van der Waals surface area contributed by atoms with Gasteiger partial charge in [0, 0.05) is 23.9 Å². The van der Waals surface area contributed by atoms with E-state index in [9.17, 15) is 14.9 Å². The number of rotatable bonds is 5. The summed E-state index contributed by atoms with van der Waals surface area (Å²) in [6.45, 7) is 1.91. The number of amides is 1. The number of nitro groups is 1. The third-order valence-corrected chi connectivity index (χ3v) is 7.11. The highest BCUT2D eigenvalue weighted by atomic mass is 32.2. The quantitative estimate of drug-likeness (QED) is 0.231. The van der Waals surface area contributed by atoms with Gasteiger partial charge in [0.05, 0.1) is 15.4 Å². The maximum Gasteiger partial charge on any atom is 0.280 e. The minimum atomic E-state index is -0.434. The molecule has 35 heavy (non-hydrogen) atoms. The summed E-state index contributed by atoms with van der Waals surface area (Å²) < 4.78 is 5.90. The molecular formula is C26H24N4O4S. The van der Waals surface area contributed by atoms with Crippen molar-refractivity contribution in [1.29, 1.82) is 0 Å². The number of thioether (sulfide) groups is 1. The summed E-state index contributed by atoms with van der Waals surface area (Å²) >= 11 is 1.31. The van der Waals surface area contributed by atoms with Crippen LogP contribution in [0.15, 0.2) is 68.9 Å². The molecule has 5 rings (SSSR count). The topological polar surface area (TPSA) is 102 Å². The van der Waals surface area contributed by atoms with E-state index in [1.165, 1.54) is 24.2 Å². The summed E-state index contributed by atoms with van der Waals surface area (Å²) in [4.78, 5) is 36.0. The Labute approximate surface area is 206 Å². The van der Waals surface area contributed by atoms with Crippen LogP contribution in [0.2, 0.25) is 0 Å². The van der Waals surface area contributed by atoms with Gasteiger partial charge in [0.2, 0.25) is 0 Å². The minimum Gasteiger partial charge on any atom is -0.456 e. The number of aliphatic imine (C=N–C) groups is 1. The predicted octanol–water partition coefficient (Wildman–Crippen LogP) is 6.49. The number of hydrogen-bond acceptors (Lipinski definition) is 7. The number of nitrogens with zero attached hydrogens (tertiary/aromatic N) is 4. The smallest absolute Gasteiger partial charge is 0.280 e. The maximum absolute atomic E-state index is 13.5. The Morgan fingerprint density at radius 3 is 2.69 bits per heavy atom. The molecule has 1 aromatic carbocycles. The van der Waals surface area contributed by atoms with Gasteiger partial charge in [-0.15, -0.1) is 0 Å². The third-order valence-electron chi connectivity index (χ3n) is 6.13. The van der Waals surface area contributed by atoms with E-state index in [1.54, 1.807) is 36.4 Å². The average molecular weight is 489 g/mol. The van der Waals surface area contributed by atoms with E-state index in [1.807, 2.05) is 30.0 Å². The van der Waals surface area contributed by atoms with Crippen LogP contribution in [-0.4, -0.2) is 31.9 Å².